The normalized spacial score (nSPS) is 20.1. The number of benzene rings is 1. The second-order valence-corrected chi connectivity index (χ2v) is 11.3. The molecule has 2 saturated carbocycles. The Hall–Kier alpha value is -2.09. The molecule has 1 heterocycles. The van der Waals surface area contributed by atoms with Gasteiger partial charge in [0, 0.05) is 18.6 Å². The first-order valence-electron chi connectivity index (χ1n) is 11.9. The van der Waals surface area contributed by atoms with Crippen LogP contribution in [0.3, 0.4) is 0 Å². The lowest BCUT2D eigenvalue weighted by molar-refractivity contribution is -0.141. The molecule has 0 unspecified atom stereocenters. The summed E-state index contributed by atoms with van der Waals surface area (Å²) in [7, 11) is -3.33. The zero-order valence-electron chi connectivity index (χ0n) is 18.9. The van der Waals surface area contributed by atoms with E-state index in [0.717, 1.165) is 56.9 Å². The van der Waals surface area contributed by atoms with Crippen LogP contribution in [0.15, 0.2) is 18.2 Å². The number of sulfonamides is 1. The molecule has 4 rings (SSSR count). The Labute approximate surface area is 191 Å². The van der Waals surface area contributed by atoms with Crippen molar-refractivity contribution in [2.45, 2.75) is 82.7 Å². The largest absolute Gasteiger partial charge is 0.452 e. The van der Waals surface area contributed by atoms with E-state index in [1.807, 2.05) is 0 Å². The molecule has 0 bridgehead atoms. The predicted octanol–water partition coefficient (Wildman–Crippen LogP) is 3.66. The van der Waals surface area contributed by atoms with E-state index in [9.17, 15) is 18.0 Å². The van der Waals surface area contributed by atoms with Gasteiger partial charge < -0.3 is 9.64 Å². The minimum absolute atomic E-state index is 0.0819. The van der Waals surface area contributed by atoms with Crippen molar-refractivity contribution < 1.29 is 22.7 Å². The topological polar surface area (TPSA) is 84.0 Å². The van der Waals surface area contributed by atoms with Gasteiger partial charge in [0.15, 0.2) is 6.61 Å². The van der Waals surface area contributed by atoms with E-state index < -0.39 is 16.0 Å². The third kappa shape index (κ3) is 5.11. The van der Waals surface area contributed by atoms with Crippen molar-refractivity contribution in [3.63, 3.8) is 0 Å². The van der Waals surface area contributed by atoms with Gasteiger partial charge in [-0.1, -0.05) is 38.5 Å². The van der Waals surface area contributed by atoms with Crippen molar-refractivity contribution in [3.8, 4) is 0 Å². The number of anilines is 1. The Bertz CT molecular complexity index is 931. The molecule has 1 aliphatic heterocycles. The average molecular weight is 463 g/mol. The quantitative estimate of drug-likeness (QED) is 0.603. The lowest BCUT2D eigenvalue weighted by Gasteiger charge is -2.41. The second-order valence-electron chi connectivity index (χ2n) is 9.39. The molecule has 2 aliphatic carbocycles. The number of fused-ring (bicyclic) bond motifs is 1. The van der Waals surface area contributed by atoms with Crippen LogP contribution in [0, 0.1) is 0 Å². The molecule has 8 heteroatoms. The molecule has 0 aromatic heterocycles. The van der Waals surface area contributed by atoms with E-state index in [1.165, 1.54) is 23.4 Å². The number of esters is 1. The van der Waals surface area contributed by atoms with Crippen LogP contribution in [0.25, 0.3) is 0 Å². The number of ether oxygens (including phenoxy) is 1. The van der Waals surface area contributed by atoms with Crippen molar-refractivity contribution >= 4 is 27.6 Å². The Kier molecular flexibility index (Phi) is 7.08. The molecule has 0 spiro atoms. The van der Waals surface area contributed by atoms with Crippen LogP contribution in [0.2, 0.25) is 0 Å². The van der Waals surface area contributed by atoms with Crippen LogP contribution in [-0.2, 0) is 26.0 Å². The minimum Gasteiger partial charge on any atom is -0.452 e. The molecular formula is C24H34N2O5S. The fraction of sp³-hybridized carbons (Fsp3) is 0.667. The maximum Gasteiger partial charge on any atom is 0.338 e. The summed E-state index contributed by atoms with van der Waals surface area (Å²) in [6, 6.07) is 5.45. The lowest BCUT2D eigenvalue weighted by Crippen LogP contribution is -2.50. The zero-order valence-corrected chi connectivity index (χ0v) is 19.7. The smallest absolute Gasteiger partial charge is 0.338 e. The van der Waals surface area contributed by atoms with Gasteiger partial charge in [-0.15, -0.1) is 0 Å². The highest BCUT2D eigenvalue weighted by Gasteiger charge is 2.33. The SMILES string of the molecule is CS(=O)(=O)N1CCc2cc(C(=O)OCC(=O)N(C3CCCCC3)C3CCCCC3)ccc21. The summed E-state index contributed by atoms with van der Waals surface area (Å²) in [6.07, 6.45) is 13.0. The maximum atomic E-state index is 13.2. The molecule has 2 fully saturated rings. The van der Waals surface area contributed by atoms with E-state index in [4.69, 9.17) is 4.74 Å². The minimum atomic E-state index is -3.33. The van der Waals surface area contributed by atoms with Crippen LogP contribution < -0.4 is 4.31 Å². The van der Waals surface area contributed by atoms with Crippen LogP contribution >= 0.6 is 0 Å². The predicted molar refractivity (Wildman–Crippen MR) is 123 cm³/mol. The molecule has 0 atom stereocenters. The van der Waals surface area contributed by atoms with E-state index in [-0.39, 0.29) is 24.6 Å². The first-order valence-corrected chi connectivity index (χ1v) is 13.8. The monoisotopic (exact) mass is 462 g/mol. The maximum absolute atomic E-state index is 13.2. The fourth-order valence-electron chi connectivity index (χ4n) is 5.55. The molecule has 1 amide bonds. The number of nitrogens with zero attached hydrogens (tertiary/aromatic N) is 2. The van der Waals surface area contributed by atoms with E-state index in [2.05, 4.69) is 4.90 Å². The van der Waals surface area contributed by atoms with Gasteiger partial charge in [-0.25, -0.2) is 13.2 Å². The third-order valence-electron chi connectivity index (χ3n) is 7.12. The van der Waals surface area contributed by atoms with Crippen molar-refractivity contribution in [2.75, 3.05) is 23.7 Å². The molecule has 1 aromatic rings. The molecule has 0 radical (unpaired) electrons. The first-order chi connectivity index (χ1) is 15.3. The van der Waals surface area contributed by atoms with Crippen LogP contribution in [0.4, 0.5) is 5.69 Å². The van der Waals surface area contributed by atoms with Crippen molar-refractivity contribution in [3.05, 3.63) is 29.3 Å². The Balaban J connectivity index is 1.41. The van der Waals surface area contributed by atoms with Crippen molar-refractivity contribution in [2.24, 2.45) is 0 Å². The molecule has 7 nitrogen and oxygen atoms in total. The summed E-state index contributed by atoms with van der Waals surface area (Å²) in [6.45, 7) is 0.140. The van der Waals surface area contributed by atoms with Gasteiger partial charge >= 0.3 is 5.97 Å². The highest BCUT2D eigenvalue weighted by atomic mass is 32.2. The highest BCUT2D eigenvalue weighted by molar-refractivity contribution is 7.92. The molecule has 3 aliphatic rings. The van der Waals surface area contributed by atoms with Gasteiger partial charge in [0.05, 0.1) is 17.5 Å². The van der Waals surface area contributed by atoms with E-state index in [0.29, 0.717) is 24.2 Å². The first kappa shape index (κ1) is 23.1. The second kappa shape index (κ2) is 9.81. The van der Waals surface area contributed by atoms with Gasteiger partial charge in [0.25, 0.3) is 5.91 Å². The van der Waals surface area contributed by atoms with Crippen molar-refractivity contribution in [1.29, 1.82) is 0 Å². The summed E-state index contributed by atoms with van der Waals surface area (Å²) < 4.78 is 30.6. The number of hydrogen-bond acceptors (Lipinski definition) is 5. The summed E-state index contributed by atoms with van der Waals surface area (Å²) in [5.41, 5.74) is 1.77. The summed E-state index contributed by atoms with van der Waals surface area (Å²) in [5.74, 6) is -0.618. The van der Waals surface area contributed by atoms with Crippen LogP contribution in [-0.4, -0.2) is 56.7 Å². The standard InChI is InChI=1S/C24H34N2O5S/c1-32(29,30)25-15-14-18-16-19(12-13-22(18)25)24(28)31-17-23(27)26(20-8-4-2-5-9-20)21-10-6-3-7-11-21/h12-13,16,20-21H,2-11,14-15,17H2,1H3. The van der Waals surface area contributed by atoms with Gasteiger partial charge in [-0.2, -0.15) is 0 Å². The number of carbonyl (C=O) groups is 2. The average Bonchev–Trinajstić information content (AvgIpc) is 3.23. The summed E-state index contributed by atoms with van der Waals surface area (Å²) in [4.78, 5) is 27.9. The van der Waals surface area contributed by atoms with E-state index >= 15 is 0 Å². The fourth-order valence-corrected chi connectivity index (χ4v) is 6.51. The van der Waals surface area contributed by atoms with Crippen LogP contribution in [0.1, 0.15) is 80.1 Å². The third-order valence-corrected chi connectivity index (χ3v) is 8.30. The Morgan fingerprint density at radius 3 is 2.16 bits per heavy atom. The molecule has 1 aromatic carbocycles. The number of hydrogen-bond donors (Lipinski definition) is 0. The van der Waals surface area contributed by atoms with Crippen molar-refractivity contribution in [1.82, 2.24) is 4.90 Å². The number of amides is 1. The van der Waals surface area contributed by atoms with Crippen LogP contribution in [0.5, 0.6) is 0 Å². The van der Waals surface area contributed by atoms with Gasteiger partial charge in [0.1, 0.15) is 0 Å². The molecule has 176 valence electrons. The summed E-state index contributed by atoms with van der Waals surface area (Å²) >= 11 is 0. The summed E-state index contributed by atoms with van der Waals surface area (Å²) in [5, 5.41) is 0. The molecule has 0 N–H and O–H groups in total. The number of carbonyl (C=O) groups excluding carboxylic acids is 2. The Morgan fingerprint density at radius 2 is 1.59 bits per heavy atom. The number of rotatable bonds is 6. The Morgan fingerprint density at radius 1 is 1.00 bits per heavy atom. The zero-order chi connectivity index (χ0) is 22.7. The van der Waals surface area contributed by atoms with Gasteiger partial charge in [-0.05, 0) is 55.9 Å². The molecular weight excluding hydrogens is 428 g/mol. The molecule has 32 heavy (non-hydrogen) atoms. The van der Waals surface area contributed by atoms with Gasteiger partial charge in [-0.3, -0.25) is 9.10 Å². The molecule has 0 saturated heterocycles. The lowest BCUT2D eigenvalue weighted by atomic mass is 9.88. The highest BCUT2D eigenvalue weighted by Crippen LogP contribution is 2.32. The van der Waals surface area contributed by atoms with E-state index in [1.54, 1.807) is 18.2 Å². The van der Waals surface area contributed by atoms with Gasteiger partial charge in [0.2, 0.25) is 10.0 Å².